The number of nitrogens with one attached hydrogen (secondary N) is 1. The molecule has 22 heavy (non-hydrogen) atoms. The predicted octanol–water partition coefficient (Wildman–Crippen LogP) is 4.47. The van der Waals surface area contributed by atoms with Gasteiger partial charge in [-0.2, -0.15) is 0 Å². The molecule has 4 nitrogen and oxygen atoms in total. The van der Waals surface area contributed by atoms with Crippen molar-refractivity contribution in [1.82, 2.24) is 4.59 Å². The molecule has 0 amide bonds. The van der Waals surface area contributed by atoms with Gasteiger partial charge in [-0.15, -0.1) is 4.59 Å². The van der Waals surface area contributed by atoms with Crippen molar-refractivity contribution in [2.75, 3.05) is 18.2 Å². The minimum atomic E-state index is 0.293. The fraction of sp³-hybridized carbons (Fsp3) is 0.111. The van der Waals surface area contributed by atoms with Crippen molar-refractivity contribution in [1.29, 1.82) is 0 Å². The molecule has 0 radical (unpaired) electrons. The second-order valence-corrected chi connectivity index (χ2v) is 5.49. The fourth-order valence-electron chi connectivity index (χ4n) is 2.45. The van der Waals surface area contributed by atoms with Gasteiger partial charge in [-0.3, -0.25) is 0 Å². The molecule has 3 N–H and O–H groups in total. The molecule has 0 fully saturated rings. The van der Waals surface area contributed by atoms with Crippen LogP contribution in [0.2, 0.25) is 0 Å². The van der Waals surface area contributed by atoms with Gasteiger partial charge in [0.25, 0.3) is 0 Å². The summed E-state index contributed by atoms with van der Waals surface area (Å²) >= 11 is 0. The number of nitrogens with two attached hydrogens (primary N) is 1. The Labute approximate surface area is 130 Å². The maximum Gasteiger partial charge on any atom is 0.326 e. The quantitative estimate of drug-likeness (QED) is 0.424. The lowest BCUT2D eigenvalue weighted by Gasteiger charge is -2.31. The van der Waals surface area contributed by atoms with Crippen LogP contribution >= 0.6 is 0 Å². The van der Waals surface area contributed by atoms with Gasteiger partial charge in [-0.25, -0.2) is 5.43 Å². The number of furan rings is 1. The van der Waals surface area contributed by atoms with Crippen molar-refractivity contribution in [2.45, 2.75) is 6.92 Å². The molecule has 1 atom stereocenters. The Hall–Kier alpha value is -2.72. The van der Waals surface area contributed by atoms with Crippen LogP contribution in [0.25, 0.3) is 0 Å². The number of hydrogen-bond donors (Lipinski definition) is 2. The molecule has 0 aliphatic rings. The zero-order valence-corrected chi connectivity index (χ0v) is 12.8. The van der Waals surface area contributed by atoms with E-state index >= 15 is 0 Å². The van der Waals surface area contributed by atoms with E-state index in [-0.39, 0.29) is 0 Å². The van der Waals surface area contributed by atoms with Crippen LogP contribution in [0.4, 0.5) is 22.9 Å². The summed E-state index contributed by atoms with van der Waals surface area (Å²) < 4.78 is 5.96. The lowest BCUT2D eigenvalue weighted by molar-refractivity contribution is 0.417. The molecule has 0 aliphatic carbocycles. The van der Waals surface area contributed by atoms with Gasteiger partial charge in [0.05, 0.1) is 12.0 Å². The summed E-state index contributed by atoms with van der Waals surface area (Å²) in [5, 5.41) is 0. The van der Waals surface area contributed by atoms with Crippen LogP contribution in [0.5, 0.6) is 0 Å². The van der Waals surface area contributed by atoms with E-state index in [0.29, 0.717) is 10.3 Å². The van der Waals surface area contributed by atoms with Crippen molar-refractivity contribution < 1.29 is 4.42 Å². The maximum atomic E-state index is 6.08. The molecule has 0 spiro atoms. The van der Waals surface area contributed by atoms with E-state index in [1.165, 1.54) is 5.56 Å². The smallest absolute Gasteiger partial charge is 0.326 e. The fourth-order valence-corrected chi connectivity index (χ4v) is 2.45. The standard InChI is InChI=1S/C18H20N3O/c1-14-9-11-15(12-10-14)21(2,18-8-5-13-22-18)20-17-7-4-3-6-16(17)19/h3-13,20H,19H2,1-2H3/q+1. The SMILES string of the molecule is Cc1ccc([N+](C)(Nc2ccccc2N)c2ccco2)cc1. The maximum absolute atomic E-state index is 6.08. The van der Waals surface area contributed by atoms with Gasteiger partial charge in [0.2, 0.25) is 0 Å². The molecule has 0 aliphatic heterocycles. The summed E-state index contributed by atoms with van der Waals surface area (Å²) in [6.45, 7) is 2.07. The molecule has 1 aromatic heterocycles. The third kappa shape index (κ3) is 2.56. The van der Waals surface area contributed by atoms with Gasteiger partial charge in [0, 0.05) is 18.2 Å². The molecule has 0 bridgehead atoms. The second-order valence-electron chi connectivity index (χ2n) is 5.49. The van der Waals surface area contributed by atoms with Crippen LogP contribution in [0, 0.1) is 6.92 Å². The van der Waals surface area contributed by atoms with E-state index in [1.54, 1.807) is 6.26 Å². The molecule has 2 aromatic carbocycles. The number of rotatable bonds is 4. The highest BCUT2D eigenvalue weighted by atomic mass is 16.4. The van der Waals surface area contributed by atoms with Gasteiger partial charge in [0.1, 0.15) is 12.7 Å². The average molecular weight is 294 g/mol. The van der Waals surface area contributed by atoms with Gasteiger partial charge in [-0.05, 0) is 25.1 Å². The van der Waals surface area contributed by atoms with E-state index < -0.39 is 0 Å². The molecule has 1 unspecified atom stereocenters. The number of benzene rings is 2. The summed E-state index contributed by atoms with van der Waals surface area (Å²) in [5.41, 5.74) is 13.4. The van der Waals surface area contributed by atoms with Crippen LogP contribution in [-0.2, 0) is 0 Å². The van der Waals surface area contributed by atoms with E-state index in [2.05, 4.69) is 36.6 Å². The largest absolute Gasteiger partial charge is 0.419 e. The van der Waals surface area contributed by atoms with Crippen molar-refractivity contribution in [3.05, 3.63) is 72.5 Å². The van der Waals surface area contributed by atoms with E-state index in [0.717, 1.165) is 17.3 Å². The molecule has 3 aromatic rings. The van der Waals surface area contributed by atoms with Gasteiger partial charge >= 0.3 is 5.88 Å². The van der Waals surface area contributed by atoms with Crippen LogP contribution < -0.4 is 15.8 Å². The first-order valence-corrected chi connectivity index (χ1v) is 7.20. The second kappa shape index (κ2) is 5.58. The Morgan fingerprint density at radius 3 is 2.32 bits per heavy atom. The normalized spacial score (nSPS) is 13.5. The Bertz CT molecular complexity index is 750. The molecule has 0 saturated heterocycles. The molecule has 3 rings (SSSR count). The van der Waals surface area contributed by atoms with Gasteiger partial charge < -0.3 is 10.2 Å². The minimum Gasteiger partial charge on any atom is -0.419 e. The number of hydrogen-bond acceptors (Lipinski definition) is 3. The zero-order chi connectivity index (χ0) is 15.6. The Kier molecular flexibility index (Phi) is 3.61. The minimum absolute atomic E-state index is 0.293. The summed E-state index contributed by atoms with van der Waals surface area (Å²) in [6.07, 6.45) is 1.68. The lowest BCUT2D eigenvalue weighted by atomic mass is 10.2. The Balaban J connectivity index is 2.08. The number of aryl methyl sites for hydroxylation is 1. The van der Waals surface area contributed by atoms with E-state index in [4.69, 9.17) is 10.2 Å². The molecule has 1 heterocycles. The van der Waals surface area contributed by atoms with Gasteiger partial charge in [-0.1, -0.05) is 29.8 Å². The van der Waals surface area contributed by atoms with Crippen molar-refractivity contribution in [2.24, 2.45) is 0 Å². The molecule has 4 heteroatoms. The topological polar surface area (TPSA) is 51.2 Å². The molecule has 112 valence electrons. The molecular weight excluding hydrogens is 274 g/mol. The number of nitrogens with zero attached hydrogens (tertiary/aromatic N) is 1. The molecular formula is C18H20N3O+. The third-order valence-electron chi connectivity index (χ3n) is 3.80. The highest BCUT2D eigenvalue weighted by Gasteiger charge is 2.32. The Morgan fingerprint density at radius 2 is 1.68 bits per heavy atom. The highest BCUT2D eigenvalue weighted by Crippen LogP contribution is 2.34. The Morgan fingerprint density at radius 1 is 0.955 bits per heavy atom. The van der Waals surface area contributed by atoms with Crippen LogP contribution in [-0.4, -0.2) is 7.05 Å². The average Bonchev–Trinajstić information content (AvgIpc) is 3.05. The lowest BCUT2D eigenvalue weighted by Crippen LogP contribution is -2.45. The van der Waals surface area contributed by atoms with Crippen molar-refractivity contribution in [3.63, 3.8) is 0 Å². The first-order chi connectivity index (χ1) is 10.6. The highest BCUT2D eigenvalue weighted by molar-refractivity contribution is 5.69. The predicted molar refractivity (Wildman–Crippen MR) is 91.7 cm³/mol. The van der Waals surface area contributed by atoms with Crippen LogP contribution in [0.3, 0.4) is 0 Å². The third-order valence-corrected chi connectivity index (χ3v) is 3.80. The van der Waals surface area contributed by atoms with Crippen LogP contribution in [0.1, 0.15) is 5.56 Å². The van der Waals surface area contributed by atoms with Crippen molar-refractivity contribution >= 4 is 22.9 Å². The molecule has 0 saturated carbocycles. The zero-order valence-electron chi connectivity index (χ0n) is 12.8. The summed E-state index contributed by atoms with van der Waals surface area (Å²) in [5.74, 6) is 0.784. The van der Waals surface area contributed by atoms with Crippen molar-refractivity contribution in [3.8, 4) is 0 Å². The van der Waals surface area contributed by atoms with E-state index in [9.17, 15) is 0 Å². The van der Waals surface area contributed by atoms with E-state index in [1.807, 2.05) is 43.4 Å². The van der Waals surface area contributed by atoms with Gasteiger partial charge in [0.15, 0.2) is 5.69 Å². The monoisotopic (exact) mass is 294 g/mol. The number of para-hydroxylation sites is 2. The first kappa shape index (κ1) is 14.2. The number of quaternary nitrogens is 1. The first-order valence-electron chi connectivity index (χ1n) is 7.20. The number of anilines is 2. The summed E-state index contributed by atoms with van der Waals surface area (Å²) in [6, 6.07) is 19.9. The van der Waals surface area contributed by atoms with Crippen LogP contribution in [0.15, 0.2) is 71.3 Å². The number of nitrogen functional groups attached to an aromatic ring is 1. The summed E-state index contributed by atoms with van der Waals surface area (Å²) in [7, 11) is 2.04. The summed E-state index contributed by atoms with van der Waals surface area (Å²) in [4.78, 5) is 0.